The summed E-state index contributed by atoms with van der Waals surface area (Å²) < 4.78 is 76.4. The van der Waals surface area contributed by atoms with Crippen LogP contribution in [0.4, 0.5) is 0 Å². The standard InChI is InChI=1S/2C18H22O5S.Ca/c2*1-2-3-4-5-8-14-9-6-7-10-18(14)23-16-11-15(19)12-17(13-16)24(20,21)22;/h2*6-7,9-13,19H,2-5,8H2,1H3,(H,20,21,22);/q;;+2/p-2. The minimum Gasteiger partial charge on any atom is -0.872 e. The number of hydrogen-bond donors (Lipinski definition) is 2. The van der Waals surface area contributed by atoms with E-state index in [1.165, 1.54) is 37.5 Å². The van der Waals surface area contributed by atoms with Crippen molar-refractivity contribution in [2.24, 2.45) is 0 Å². The third-order valence-electron chi connectivity index (χ3n) is 7.31. The molecule has 10 nitrogen and oxygen atoms in total. The monoisotopic (exact) mass is 738 g/mol. The first-order valence-corrected chi connectivity index (χ1v) is 18.8. The van der Waals surface area contributed by atoms with Gasteiger partial charge in [-0.3, -0.25) is 4.55 Å². The first-order chi connectivity index (χ1) is 22.8. The molecule has 13 heteroatoms. The molecule has 0 radical (unpaired) electrons. The van der Waals surface area contributed by atoms with Crippen molar-refractivity contribution >= 4 is 58.0 Å². The van der Waals surface area contributed by atoms with Gasteiger partial charge in [0.25, 0.3) is 10.1 Å². The van der Waals surface area contributed by atoms with Gasteiger partial charge in [-0.25, -0.2) is 8.42 Å². The van der Waals surface area contributed by atoms with E-state index < -0.39 is 35.8 Å². The third-order valence-corrected chi connectivity index (χ3v) is 8.95. The zero-order chi connectivity index (χ0) is 35.2. The number of phenols is 1. The molecule has 0 saturated heterocycles. The van der Waals surface area contributed by atoms with Gasteiger partial charge in [-0.2, -0.15) is 8.42 Å². The Balaban J connectivity index is 0.000000333. The summed E-state index contributed by atoms with van der Waals surface area (Å²) in [6.45, 7) is 4.31. The minimum absolute atomic E-state index is 0. The van der Waals surface area contributed by atoms with E-state index in [1.54, 1.807) is 18.2 Å². The van der Waals surface area contributed by atoms with E-state index in [9.17, 15) is 31.6 Å². The molecule has 0 aromatic heterocycles. The van der Waals surface area contributed by atoms with Gasteiger partial charge in [-0.05, 0) is 61.1 Å². The molecule has 0 aliphatic heterocycles. The Bertz CT molecular complexity index is 1710. The van der Waals surface area contributed by atoms with Crippen LogP contribution < -0.4 is 14.6 Å². The number of phenolic OH excluding ortho intramolecular Hbond substituents is 1. The summed E-state index contributed by atoms with van der Waals surface area (Å²) in [6.07, 6.45) is 10.7. The molecule has 49 heavy (non-hydrogen) atoms. The number of unbranched alkanes of at least 4 members (excludes halogenated alkanes) is 6. The first-order valence-electron chi connectivity index (χ1n) is 15.9. The van der Waals surface area contributed by atoms with Crippen molar-refractivity contribution in [2.45, 2.75) is 87.8 Å². The molecule has 0 atom stereocenters. The van der Waals surface area contributed by atoms with Crippen molar-refractivity contribution in [3.8, 4) is 34.5 Å². The van der Waals surface area contributed by atoms with Gasteiger partial charge in [0.05, 0.1) is 4.90 Å². The van der Waals surface area contributed by atoms with Crippen LogP contribution in [0.15, 0.2) is 94.7 Å². The fourth-order valence-corrected chi connectivity index (χ4v) is 5.93. The predicted molar refractivity (Wildman–Crippen MR) is 186 cm³/mol. The zero-order valence-corrected chi connectivity index (χ0v) is 31.7. The molecule has 0 spiro atoms. The first kappa shape index (κ1) is 42.3. The van der Waals surface area contributed by atoms with Gasteiger partial charge in [0, 0.05) is 18.2 Å². The number of benzene rings is 4. The Labute approximate surface area is 319 Å². The molecular weight excluding hydrogens is 697 g/mol. The Morgan fingerprint density at radius 3 is 1.57 bits per heavy atom. The van der Waals surface area contributed by atoms with Crippen LogP contribution in [0.1, 0.15) is 76.3 Å². The molecule has 4 aromatic carbocycles. The molecule has 0 saturated carbocycles. The zero-order valence-electron chi connectivity index (χ0n) is 27.8. The van der Waals surface area contributed by atoms with E-state index in [2.05, 4.69) is 13.8 Å². The SMILES string of the molecule is CCCCCCc1ccccc1Oc1cc(O)cc(S(=O)(=O)O)c1.CCCCCCc1ccccc1Oc1cc([O-])cc(S(=O)(=O)[O-])c1.[Ca+2]. The molecule has 0 amide bonds. The maximum absolute atomic E-state index is 11.6. The molecule has 0 unspecified atom stereocenters. The Kier molecular flexibility index (Phi) is 17.9. The van der Waals surface area contributed by atoms with Gasteiger partial charge in [0.15, 0.2) is 0 Å². The van der Waals surface area contributed by atoms with Crippen LogP contribution in [-0.4, -0.2) is 68.8 Å². The van der Waals surface area contributed by atoms with Crippen molar-refractivity contribution in [3.63, 3.8) is 0 Å². The fraction of sp³-hybridized carbons (Fsp3) is 0.333. The molecule has 4 aromatic rings. The van der Waals surface area contributed by atoms with Crippen molar-refractivity contribution < 1.29 is 45.6 Å². The molecule has 260 valence electrons. The number of para-hydroxylation sites is 2. The van der Waals surface area contributed by atoms with Crippen molar-refractivity contribution in [1.82, 2.24) is 0 Å². The van der Waals surface area contributed by atoms with Gasteiger partial charge < -0.3 is 24.2 Å². The van der Waals surface area contributed by atoms with E-state index in [1.807, 2.05) is 30.3 Å². The Hall–Kier alpha value is -2.84. The van der Waals surface area contributed by atoms with Crippen LogP contribution in [0.3, 0.4) is 0 Å². The predicted octanol–water partition coefficient (Wildman–Crippen LogP) is 7.75. The summed E-state index contributed by atoms with van der Waals surface area (Å²) in [6, 6.07) is 21.4. The minimum atomic E-state index is -4.70. The Morgan fingerprint density at radius 2 is 1.10 bits per heavy atom. The van der Waals surface area contributed by atoms with Gasteiger partial charge in [0.2, 0.25) is 0 Å². The maximum atomic E-state index is 11.6. The summed E-state index contributed by atoms with van der Waals surface area (Å²) in [5, 5.41) is 21.2. The summed E-state index contributed by atoms with van der Waals surface area (Å²) in [7, 11) is -9.11. The number of aryl methyl sites for hydroxylation is 2. The normalized spacial score (nSPS) is 11.2. The molecule has 0 heterocycles. The maximum Gasteiger partial charge on any atom is 2.00 e. The van der Waals surface area contributed by atoms with E-state index in [0.29, 0.717) is 11.5 Å². The van der Waals surface area contributed by atoms with Crippen LogP contribution in [0, 0.1) is 0 Å². The molecular formula is C36H42CaO10S2. The summed E-state index contributed by atoms with van der Waals surface area (Å²) in [5.74, 6) is 0.513. The van der Waals surface area contributed by atoms with E-state index in [0.717, 1.165) is 74.3 Å². The summed E-state index contributed by atoms with van der Waals surface area (Å²) >= 11 is 0. The second kappa shape index (κ2) is 20.7. The van der Waals surface area contributed by atoms with Gasteiger partial charge in [-0.1, -0.05) is 94.8 Å². The smallest absolute Gasteiger partial charge is 0.872 e. The van der Waals surface area contributed by atoms with E-state index in [-0.39, 0.29) is 55.0 Å². The van der Waals surface area contributed by atoms with Crippen LogP contribution >= 0.6 is 0 Å². The van der Waals surface area contributed by atoms with Crippen LogP contribution in [0.2, 0.25) is 0 Å². The van der Waals surface area contributed by atoms with Crippen LogP contribution in [0.25, 0.3) is 0 Å². The summed E-state index contributed by atoms with van der Waals surface area (Å²) in [4.78, 5) is -0.983. The molecule has 4 rings (SSSR count). The topological polar surface area (TPSA) is 173 Å². The van der Waals surface area contributed by atoms with Crippen molar-refractivity contribution in [2.75, 3.05) is 0 Å². The van der Waals surface area contributed by atoms with Crippen LogP contribution in [-0.2, 0) is 33.1 Å². The van der Waals surface area contributed by atoms with Gasteiger partial charge >= 0.3 is 37.7 Å². The average molecular weight is 739 g/mol. The molecule has 0 fully saturated rings. The molecule has 2 N–H and O–H groups in total. The van der Waals surface area contributed by atoms with Crippen molar-refractivity contribution in [3.05, 3.63) is 96.1 Å². The number of rotatable bonds is 16. The molecule has 0 aliphatic carbocycles. The van der Waals surface area contributed by atoms with E-state index >= 15 is 0 Å². The second-order valence-corrected chi connectivity index (χ2v) is 14.1. The molecule has 0 aliphatic rings. The second-order valence-electron chi connectivity index (χ2n) is 11.3. The van der Waals surface area contributed by atoms with Gasteiger partial charge in [-0.15, -0.1) is 5.75 Å². The molecule has 0 bridgehead atoms. The third kappa shape index (κ3) is 14.9. The number of hydrogen-bond acceptors (Lipinski definition) is 9. The number of aromatic hydroxyl groups is 1. The van der Waals surface area contributed by atoms with Crippen molar-refractivity contribution in [1.29, 1.82) is 0 Å². The quantitative estimate of drug-likeness (QED) is 0.0657. The van der Waals surface area contributed by atoms with E-state index in [4.69, 9.17) is 14.0 Å². The largest absolute Gasteiger partial charge is 2.00 e. The Morgan fingerprint density at radius 1 is 0.633 bits per heavy atom. The average Bonchev–Trinajstić information content (AvgIpc) is 3.02. The number of ether oxygens (including phenoxy) is 2. The summed E-state index contributed by atoms with van der Waals surface area (Å²) in [5.41, 5.74) is 2.00. The van der Waals surface area contributed by atoms with Gasteiger partial charge in [0.1, 0.15) is 43.8 Å². The fourth-order valence-electron chi connectivity index (χ4n) is 4.87. The van der Waals surface area contributed by atoms with Crippen LogP contribution in [0.5, 0.6) is 34.5 Å².